The summed E-state index contributed by atoms with van der Waals surface area (Å²) >= 11 is 1.60. The normalized spacial score (nSPS) is 12.6. The summed E-state index contributed by atoms with van der Waals surface area (Å²) in [5, 5.41) is 6.43. The summed E-state index contributed by atoms with van der Waals surface area (Å²) in [4.78, 5) is 4.59. The van der Waals surface area contributed by atoms with Crippen molar-refractivity contribution in [2.75, 3.05) is 6.54 Å². The van der Waals surface area contributed by atoms with Crippen LogP contribution in [0.3, 0.4) is 0 Å². The lowest BCUT2D eigenvalue weighted by Crippen LogP contribution is -2.19. The number of thiazole rings is 1. The van der Waals surface area contributed by atoms with E-state index in [-0.39, 0.29) is 11.9 Å². The van der Waals surface area contributed by atoms with Gasteiger partial charge in [-0.25, -0.2) is 9.37 Å². The van der Waals surface area contributed by atoms with Crippen LogP contribution in [0.2, 0.25) is 0 Å². The van der Waals surface area contributed by atoms with Crippen LogP contribution in [0.1, 0.15) is 42.6 Å². The predicted octanol–water partition coefficient (Wildman–Crippen LogP) is 3.93. The molecule has 1 heterocycles. The summed E-state index contributed by atoms with van der Waals surface area (Å²) in [5.74, 6) is -0.156. The highest BCUT2D eigenvalue weighted by Gasteiger charge is 2.10. The fourth-order valence-electron chi connectivity index (χ4n) is 1.88. The minimum Gasteiger partial charge on any atom is -0.309 e. The van der Waals surface area contributed by atoms with Gasteiger partial charge in [-0.3, -0.25) is 0 Å². The SMILES string of the molecule is CCCNC(C)c1csc(Cc2ccccc2F)n1. The molecular weight excluding hydrogens is 259 g/mol. The Morgan fingerprint density at radius 3 is 2.89 bits per heavy atom. The topological polar surface area (TPSA) is 24.9 Å². The van der Waals surface area contributed by atoms with E-state index in [1.807, 2.05) is 12.1 Å². The first-order chi connectivity index (χ1) is 9.20. The van der Waals surface area contributed by atoms with Gasteiger partial charge < -0.3 is 5.32 Å². The van der Waals surface area contributed by atoms with Gasteiger partial charge in [0.2, 0.25) is 0 Å². The Kier molecular flexibility index (Phi) is 5.05. The number of nitrogens with zero attached hydrogens (tertiary/aromatic N) is 1. The summed E-state index contributed by atoms with van der Waals surface area (Å²) in [6, 6.07) is 7.14. The Bertz CT molecular complexity index is 524. The van der Waals surface area contributed by atoms with E-state index in [2.05, 4.69) is 29.5 Å². The molecule has 2 rings (SSSR count). The second kappa shape index (κ2) is 6.78. The van der Waals surface area contributed by atoms with Crippen molar-refractivity contribution in [1.82, 2.24) is 10.3 Å². The molecule has 0 aliphatic rings. The lowest BCUT2D eigenvalue weighted by atomic mass is 10.1. The van der Waals surface area contributed by atoms with Crippen LogP contribution in [-0.4, -0.2) is 11.5 Å². The van der Waals surface area contributed by atoms with E-state index in [9.17, 15) is 4.39 Å². The number of rotatable bonds is 6. The fourth-order valence-corrected chi connectivity index (χ4v) is 2.79. The molecule has 0 fully saturated rings. The molecule has 0 radical (unpaired) electrons. The minimum absolute atomic E-state index is 0.156. The standard InChI is InChI=1S/C15H19FN2S/c1-3-8-17-11(2)14-10-19-15(18-14)9-12-6-4-5-7-13(12)16/h4-7,10-11,17H,3,8-9H2,1-2H3. The Balaban J connectivity index is 2.03. The van der Waals surface area contributed by atoms with Crippen LogP contribution in [0.15, 0.2) is 29.6 Å². The molecule has 0 saturated carbocycles. The lowest BCUT2D eigenvalue weighted by Gasteiger charge is -2.09. The molecule has 0 aliphatic carbocycles. The highest BCUT2D eigenvalue weighted by molar-refractivity contribution is 7.09. The molecule has 1 N–H and O–H groups in total. The molecule has 1 atom stereocenters. The maximum atomic E-state index is 13.6. The van der Waals surface area contributed by atoms with Crippen LogP contribution in [0.4, 0.5) is 4.39 Å². The van der Waals surface area contributed by atoms with Gasteiger partial charge in [-0.15, -0.1) is 11.3 Å². The second-order valence-corrected chi connectivity index (χ2v) is 5.55. The van der Waals surface area contributed by atoms with Gasteiger partial charge in [-0.1, -0.05) is 25.1 Å². The number of hydrogen-bond donors (Lipinski definition) is 1. The largest absolute Gasteiger partial charge is 0.309 e. The molecule has 1 unspecified atom stereocenters. The fraction of sp³-hybridized carbons (Fsp3) is 0.400. The molecule has 4 heteroatoms. The minimum atomic E-state index is -0.156. The van der Waals surface area contributed by atoms with Gasteiger partial charge in [0.15, 0.2) is 0 Å². The van der Waals surface area contributed by atoms with E-state index in [0.717, 1.165) is 23.7 Å². The number of benzene rings is 1. The molecule has 2 nitrogen and oxygen atoms in total. The number of nitrogens with one attached hydrogen (secondary N) is 1. The average molecular weight is 278 g/mol. The zero-order valence-corrected chi connectivity index (χ0v) is 12.1. The summed E-state index contributed by atoms with van der Waals surface area (Å²) < 4.78 is 13.6. The Morgan fingerprint density at radius 1 is 1.37 bits per heavy atom. The number of halogens is 1. The Hall–Kier alpha value is -1.26. The lowest BCUT2D eigenvalue weighted by molar-refractivity contribution is 0.559. The van der Waals surface area contributed by atoms with E-state index < -0.39 is 0 Å². The first kappa shape index (κ1) is 14.2. The van der Waals surface area contributed by atoms with Gasteiger partial charge >= 0.3 is 0 Å². The van der Waals surface area contributed by atoms with E-state index in [0.29, 0.717) is 12.0 Å². The van der Waals surface area contributed by atoms with Gasteiger partial charge in [0, 0.05) is 17.8 Å². The van der Waals surface area contributed by atoms with Crippen molar-refractivity contribution in [1.29, 1.82) is 0 Å². The Morgan fingerprint density at radius 2 is 2.16 bits per heavy atom. The third-order valence-electron chi connectivity index (χ3n) is 3.01. The van der Waals surface area contributed by atoms with Crippen molar-refractivity contribution in [3.63, 3.8) is 0 Å². The summed E-state index contributed by atoms with van der Waals surface area (Å²) in [6.07, 6.45) is 1.67. The van der Waals surface area contributed by atoms with Gasteiger partial charge in [0.25, 0.3) is 0 Å². The van der Waals surface area contributed by atoms with E-state index >= 15 is 0 Å². The maximum absolute atomic E-state index is 13.6. The smallest absolute Gasteiger partial charge is 0.126 e. The molecule has 0 amide bonds. The molecule has 2 aromatic rings. The van der Waals surface area contributed by atoms with Crippen molar-refractivity contribution in [2.45, 2.75) is 32.7 Å². The van der Waals surface area contributed by atoms with Crippen LogP contribution >= 0.6 is 11.3 Å². The third-order valence-corrected chi connectivity index (χ3v) is 3.88. The van der Waals surface area contributed by atoms with Crippen molar-refractivity contribution >= 4 is 11.3 Å². The van der Waals surface area contributed by atoms with Crippen molar-refractivity contribution in [3.05, 3.63) is 51.7 Å². The van der Waals surface area contributed by atoms with Gasteiger partial charge in [0.05, 0.1) is 10.7 Å². The van der Waals surface area contributed by atoms with Crippen LogP contribution < -0.4 is 5.32 Å². The van der Waals surface area contributed by atoms with E-state index in [1.54, 1.807) is 17.4 Å². The highest BCUT2D eigenvalue weighted by Crippen LogP contribution is 2.20. The van der Waals surface area contributed by atoms with Crippen LogP contribution in [0.5, 0.6) is 0 Å². The molecule has 0 saturated heterocycles. The quantitative estimate of drug-likeness (QED) is 0.866. The number of hydrogen-bond acceptors (Lipinski definition) is 3. The summed E-state index contributed by atoms with van der Waals surface area (Å²) in [5.41, 5.74) is 1.75. The van der Waals surface area contributed by atoms with Crippen LogP contribution in [0.25, 0.3) is 0 Å². The van der Waals surface area contributed by atoms with Gasteiger partial charge in [-0.2, -0.15) is 0 Å². The molecule has 0 aliphatic heterocycles. The van der Waals surface area contributed by atoms with Crippen LogP contribution in [0, 0.1) is 5.82 Å². The molecule has 0 bridgehead atoms. The zero-order chi connectivity index (χ0) is 13.7. The predicted molar refractivity (Wildman–Crippen MR) is 78.0 cm³/mol. The molecule has 19 heavy (non-hydrogen) atoms. The van der Waals surface area contributed by atoms with E-state index in [4.69, 9.17) is 0 Å². The van der Waals surface area contributed by atoms with Crippen molar-refractivity contribution in [2.24, 2.45) is 0 Å². The first-order valence-corrected chi connectivity index (χ1v) is 7.49. The van der Waals surface area contributed by atoms with Gasteiger partial charge in [-0.05, 0) is 31.5 Å². The van der Waals surface area contributed by atoms with E-state index in [1.165, 1.54) is 6.07 Å². The number of aromatic nitrogens is 1. The maximum Gasteiger partial charge on any atom is 0.126 e. The third kappa shape index (κ3) is 3.85. The Labute approximate surface area is 117 Å². The van der Waals surface area contributed by atoms with Crippen LogP contribution in [-0.2, 0) is 6.42 Å². The monoisotopic (exact) mass is 278 g/mol. The molecule has 0 spiro atoms. The van der Waals surface area contributed by atoms with Crippen molar-refractivity contribution < 1.29 is 4.39 Å². The summed E-state index contributed by atoms with van der Waals surface area (Å²) in [6.45, 7) is 5.24. The second-order valence-electron chi connectivity index (χ2n) is 4.61. The first-order valence-electron chi connectivity index (χ1n) is 6.61. The highest BCUT2D eigenvalue weighted by atomic mass is 32.1. The molecular formula is C15H19FN2S. The van der Waals surface area contributed by atoms with Crippen molar-refractivity contribution in [3.8, 4) is 0 Å². The molecule has 102 valence electrons. The van der Waals surface area contributed by atoms with Gasteiger partial charge in [0.1, 0.15) is 5.82 Å². The molecule has 1 aromatic carbocycles. The average Bonchev–Trinajstić information content (AvgIpc) is 2.87. The zero-order valence-electron chi connectivity index (χ0n) is 11.3. The summed E-state index contributed by atoms with van der Waals surface area (Å²) in [7, 11) is 0. The molecule has 1 aromatic heterocycles.